The van der Waals surface area contributed by atoms with Crippen molar-refractivity contribution in [1.29, 1.82) is 0 Å². The number of carbonyl (C=O) groups is 1. The molecule has 1 atom stereocenters. The van der Waals surface area contributed by atoms with Crippen LogP contribution >= 0.6 is 27.3 Å². The maximum Gasteiger partial charge on any atom is 0.229 e. The minimum Gasteiger partial charge on any atom is -0.348 e. The van der Waals surface area contributed by atoms with Crippen LogP contribution in [0.25, 0.3) is 0 Å². The van der Waals surface area contributed by atoms with Gasteiger partial charge in [-0.15, -0.1) is 11.3 Å². The van der Waals surface area contributed by atoms with Crippen molar-refractivity contribution < 1.29 is 4.79 Å². The zero-order valence-electron chi connectivity index (χ0n) is 7.55. The molecule has 1 saturated heterocycles. The predicted molar refractivity (Wildman–Crippen MR) is 59.2 cm³/mol. The Morgan fingerprint density at radius 3 is 2.79 bits per heavy atom. The van der Waals surface area contributed by atoms with Crippen LogP contribution in [-0.4, -0.2) is 5.91 Å². The fourth-order valence-corrected chi connectivity index (χ4v) is 3.62. The second-order valence-electron chi connectivity index (χ2n) is 4.10. The van der Waals surface area contributed by atoms with E-state index in [4.69, 9.17) is 0 Å². The fourth-order valence-electron chi connectivity index (χ4n) is 2.42. The number of thiophene rings is 1. The van der Waals surface area contributed by atoms with Gasteiger partial charge in [-0.1, -0.05) is 6.42 Å². The number of hydrogen-bond acceptors (Lipinski definition) is 2. The molecule has 2 heterocycles. The largest absolute Gasteiger partial charge is 0.348 e. The van der Waals surface area contributed by atoms with E-state index in [9.17, 15) is 4.79 Å². The molecule has 1 spiro atoms. The lowest BCUT2D eigenvalue weighted by molar-refractivity contribution is -0.155. The molecule has 1 aromatic heterocycles. The van der Waals surface area contributed by atoms with E-state index in [1.807, 2.05) is 0 Å². The summed E-state index contributed by atoms with van der Waals surface area (Å²) in [7, 11) is 0. The Kier molecular flexibility index (Phi) is 1.80. The van der Waals surface area contributed by atoms with Crippen molar-refractivity contribution in [2.45, 2.75) is 25.3 Å². The summed E-state index contributed by atoms with van der Waals surface area (Å²) in [5.41, 5.74) is 1.24. The Labute approximate surface area is 94.8 Å². The third kappa shape index (κ3) is 0.984. The van der Waals surface area contributed by atoms with Crippen molar-refractivity contribution in [2.75, 3.05) is 0 Å². The Hall–Kier alpha value is -0.350. The van der Waals surface area contributed by atoms with Crippen LogP contribution < -0.4 is 5.32 Å². The van der Waals surface area contributed by atoms with Gasteiger partial charge in [0.2, 0.25) is 5.91 Å². The first-order valence-electron chi connectivity index (χ1n) is 4.77. The highest BCUT2D eigenvalue weighted by Crippen LogP contribution is 2.56. The summed E-state index contributed by atoms with van der Waals surface area (Å²) in [4.78, 5) is 11.5. The number of rotatable bonds is 1. The third-order valence-electron chi connectivity index (χ3n) is 3.45. The molecule has 1 unspecified atom stereocenters. The predicted octanol–water partition coefficient (Wildman–Crippen LogP) is 2.85. The lowest BCUT2D eigenvalue weighted by Gasteiger charge is -2.54. The van der Waals surface area contributed by atoms with E-state index in [2.05, 4.69) is 32.7 Å². The molecule has 74 valence electrons. The molecule has 2 aliphatic rings. The van der Waals surface area contributed by atoms with Crippen LogP contribution in [-0.2, 0) is 4.79 Å². The number of β-lactam (4-membered cyclic amide) rings is 1. The van der Waals surface area contributed by atoms with E-state index in [1.54, 1.807) is 11.3 Å². The normalized spacial score (nSPS) is 28.1. The lowest BCUT2D eigenvalue weighted by Crippen LogP contribution is -2.64. The second kappa shape index (κ2) is 2.83. The molecule has 2 nitrogen and oxygen atoms in total. The first-order valence-corrected chi connectivity index (χ1v) is 6.44. The topological polar surface area (TPSA) is 29.1 Å². The SMILES string of the molecule is O=C1NC(c2csc(Br)c2)C12CCC2. The summed E-state index contributed by atoms with van der Waals surface area (Å²) in [5.74, 6) is 0.260. The van der Waals surface area contributed by atoms with E-state index < -0.39 is 0 Å². The lowest BCUT2D eigenvalue weighted by atomic mass is 9.57. The molecule has 1 saturated carbocycles. The number of nitrogens with one attached hydrogen (secondary N) is 1. The van der Waals surface area contributed by atoms with Crippen LogP contribution in [0.3, 0.4) is 0 Å². The van der Waals surface area contributed by atoms with Gasteiger partial charge < -0.3 is 5.32 Å². The number of amides is 1. The molecule has 0 radical (unpaired) electrons. The minimum atomic E-state index is -0.0273. The molecule has 3 rings (SSSR count). The molecule has 14 heavy (non-hydrogen) atoms. The zero-order chi connectivity index (χ0) is 9.76. The highest BCUT2D eigenvalue weighted by atomic mass is 79.9. The van der Waals surface area contributed by atoms with Gasteiger partial charge in [0.25, 0.3) is 0 Å². The van der Waals surface area contributed by atoms with Crippen molar-refractivity contribution in [2.24, 2.45) is 5.41 Å². The van der Waals surface area contributed by atoms with Crippen LogP contribution in [0, 0.1) is 5.41 Å². The summed E-state index contributed by atoms with van der Waals surface area (Å²) in [6, 6.07) is 2.40. The fraction of sp³-hybridized carbons (Fsp3) is 0.500. The van der Waals surface area contributed by atoms with Crippen molar-refractivity contribution in [1.82, 2.24) is 5.32 Å². The summed E-state index contributed by atoms with van der Waals surface area (Å²) in [5, 5.41) is 5.15. The Balaban J connectivity index is 1.91. The van der Waals surface area contributed by atoms with Crippen LogP contribution in [0.2, 0.25) is 0 Å². The average molecular weight is 272 g/mol. The summed E-state index contributed by atoms with van der Waals surface area (Å²) in [6.07, 6.45) is 3.34. The van der Waals surface area contributed by atoms with Crippen LogP contribution in [0.4, 0.5) is 0 Å². The van der Waals surface area contributed by atoms with Gasteiger partial charge in [-0.05, 0) is 45.8 Å². The third-order valence-corrected chi connectivity index (χ3v) is 4.97. The molecular weight excluding hydrogens is 262 g/mol. The molecule has 1 N–H and O–H groups in total. The average Bonchev–Trinajstić information content (AvgIpc) is 2.44. The number of carbonyl (C=O) groups excluding carboxylic acids is 1. The first kappa shape index (κ1) is 8.92. The molecule has 4 heteroatoms. The van der Waals surface area contributed by atoms with Crippen LogP contribution in [0.15, 0.2) is 15.2 Å². The van der Waals surface area contributed by atoms with Crippen molar-refractivity contribution in [3.8, 4) is 0 Å². The summed E-state index contributed by atoms with van der Waals surface area (Å²) >= 11 is 5.14. The smallest absolute Gasteiger partial charge is 0.229 e. The minimum absolute atomic E-state index is 0.0273. The second-order valence-corrected chi connectivity index (χ2v) is 6.39. The highest BCUT2D eigenvalue weighted by Gasteiger charge is 2.58. The maximum atomic E-state index is 11.5. The quantitative estimate of drug-likeness (QED) is 0.782. The van der Waals surface area contributed by atoms with Crippen LogP contribution in [0.5, 0.6) is 0 Å². The van der Waals surface area contributed by atoms with Gasteiger partial charge in [0.05, 0.1) is 15.2 Å². The number of halogens is 1. The Bertz CT molecular complexity index is 397. The van der Waals surface area contributed by atoms with Crippen molar-refractivity contribution >= 4 is 33.2 Å². The van der Waals surface area contributed by atoms with Crippen molar-refractivity contribution in [3.05, 3.63) is 20.8 Å². The van der Waals surface area contributed by atoms with Gasteiger partial charge in [0.1, 0.15) is 0 Å². The van der Waals surface area contributed by atoms with E-state index in [-0.39, 0.29) is 17.4 Å². The molecule has 1 aromatic rings. The van der Waals surface area contributed by atoms with E-state index in [1.165, 1.54) is 12.0 Å². The zero-order valence-corrected chi connectivity index (χ0v) is 9.95. The van der Waals surface area contributed by atoms with Crippen molar-refractivity contribution in [3.63, 3.8) is 0 Å². The van der Waals surface area contributed by atoms with Gasteiger partial charge in [0, 0.05) is 0 Å². The standard InChI is InChI=1S/C10H10BrNOS/c11-7-4-6(5-14-7)8-10(2-1-3-10)9(13)12-8/h4-5,8H,1-3H2,(H,12,13). The number of hydrogen-bond donors (Lipinski definition) is 1. The molecule has 0 aromatic carbocycles. The molecule has 1 aliphatic heterocycles. The molecule has 2 fully saturated rings. The Morgan fingerprint density at radius 1 is 1.57 bits per heavy atom. The van der Waals surface area contributed by atoms with Gasteiger partial charge in [-0.25, -0.2) is 0 Å². The highest BCUT2D eigenvalue weighted by molar-refractivity contribution is 9.11. The molecule has 0 bridgehead atoms. The van der Waals surface area contributed by atoms with Crippen LogP contribution in [0.1, 0.15) is 30.9 Å². The first-order chi connectivity index (χ1) is 6.72. The van der Waals surface area contributed by atoms with E-state index >= 15 is 0 Å². The maximum absolute atomic E-state index is 11.5. The molecular formula is C10H10BrNOS. The van der Waals surface area contributed by atoms with Gasteiger partial charge in [-0.2, -0.15) is 0 Å². The summed E-state index contributed by atoms with van der Waals surface area (Å²) in [6.45, 7) is 0. The Morgan fingerprint density at radius 2 is 2.36 bits per heavy atom. The van der Waals surface area contributed by atoms with Gasteiger partial charge >= 0.3 is 0 Å². The monoisotopic (exact) mass is 271 g/mol. The van der Waals surface area contributed by atoms with E-state index in [0.29, 0.717) is 0 Å². The van der Waals surface area contributed by atoms with Gasteiger partial charge in [-0.3, -0.25) is 4.79 Å². The molecule has 1 amide bonds. The van der Waals surface area contributed by atoms with E-state index in [0.717, 1.165) is 16.6 Å². The van der Waals surface area contributed by atoms with Gasteiger partial charge in [0.15, 0.2) is 0 Å². The summed E-state index contributed by atoms with van der Waals surface area (Å²) < 4.78 is 1.14. The molecule has 1 aliphatic carbocycles.